The van der Waals surface area contributed by atoms with Gasteiger partial charge in [-0.2, -0.15) is 0 Å². The van der Waals surface area contributed by atoms with Crippen LogP contribution in [-0.4, -0.2) is 29.7 Å². The van der Waals surface area contributed by atoms with Crippen molar-refractivity contribution in [3.8, 4) is 11.3 Å². The number of ether oxygens (including phenoxy) is 2. The van der Waals surface area contributed by atoms with E-state index in [0.717, 1.165) is 27.7 Å². The largest absolute Gasteiger partial charge is 0.467 e. The maximum atomic E-state index is 11.0. The molecule has 24 heavy (non-hydrogen) atoms. The zero-order valence-electron chi connectivity index (χ0n) is 13.0. The van der Waals surface area contributed by atoms with E-state index in [0.29, 0.717) is 11.6 Å². The van der Waals surface area contributed by atoms with E-state index in [2.05, 4.69) is 14.7 Å². The molecule has 3 aromatic rings. The minimum Gasteiger partial charge on any atom is -0.467 e. The molecule has 0 aliphatic carbocycles. The monoisotopic (exact) mass is 342 g/mol. The number of hydrogen-bond acceptors (Lipinski definition) is 5. The summed E-state index contributed by atoms with van der Waals surface area (Å²) < 4.78 is 9.80. The molecule has 2 heterocycles. The summed E-state index contributed by atoms with van der Waals surface area (Å²) in [7, 11) is 1.33. The molecular weight excluding hydrogens is 328 g/mol. The number of esters is 1. The maximum absolute atomic E-state index is 11.0. The van der Waals surface area contributed by atoms with Gasteiger partial charge in [0.05, 0.1) is 29.9 Å². The number of aromatic nitrogens is 2. The summed E-state index contributed by atoms with van der Waals surface area (Å²) in [6.07, 6.45) is 3.40. The molecule has 0 radical (unpaired) electrons. The highest BCUT2D eigenvalue weighted by atomic mass is 35.5. The average Bonchev–Trinajstić information content (AvgIpc) is 2.62. The van der Waals surface area contributed by atoms with Gasteiger partial charge >= 0.3 is 5.97 Å². The summed E-state index contributed by atoms with van der Waals surface area (Å²) in [5, 5.41) is 1.45. The summed E-state index contributed by atoms with van der Waals surface area (Å²) in [5.74, 6) is -0.392. The van der Waals surface area contributed by atoms with Crippen LogP contribution in [-0.2, 0) is 20.9 Å². The van der Waals surface area contributed by atoms with Crippen LogP contribution in [0, 0.1) is 0 Å². The molecule has 5 nitrogen and oxygen atoms in total. The van der Waals surface area contributed by atoms with Crippen LogP contribution >= 0.6 is 11.6 Å². The first-order chi connectivity index (χ1) is 11.7. The van der Waals surface area contributed by atoms with Gasteiger partial charge in [0.2, 0.25) is 0 Å². The van der Waals surface area contributed by atoms with Crippen molar-refractivity contribution in [1.82, 2.24) is 9.97 Å². The third kappa shape index (κ3) is 3.69. The molecule has 0 N–H and O–H groups in total. The van der Waals surface area contributed by atoms with Gasteiger partial charge in [-0.25, -0.2) is 9.78 Å². The summed E-state index contributed by atoms with van der Waals surface area (Å²) in [4.78, 5) is 19.7. The van der Waals surface area contributed by atoms with Crippen molar-refractivity contribution in [2.75, 3.05) is 13.7 Å². The number of carbonyl (C=O) groups is 1. The first-order valence-corrected chi connectivity index (χ1v) is 7.69. The molecule has 122 valence electrons. The van der Waals surface area contributed by atoms with Gasteiger partial charge in [0, 0.05) is 23.3 Å². The summed E-state index contributed by atoms with van der Waals surface area (Å²) >= 11 is 6.31. The summed E-state index contributed by atoms with van der Waals surface area (Å²) in [6.45, 7) is 0.279. The molecule has 0 atom stereocenters. The SMILES string of the molecule is COC(=O)COCc1ccc(-c2cc(Cl)c3cnccc3n2)cc1. The molecule has 0 unspecified atom stereocenters. The normalized spacial score (nSPS) is 10.8. The van der Waals surface area contributed by atoms with Gasteiger partial charge in [-0.15, -0.1) is 0 Å². The Kier molecular flexibility index (Phi) is 5.03. The first-order valence-electron chi connectivity index (χ1n) is 7.31. The molecule has 6 heteroatoms. The van der Waals surface area contributed by atoms with Crippen molar-refractivity contribution in [3.05, 3.63) is 59.4 Å². The van der Waals surface area contributed by atoms with Crippen LogP contribution in [0.1, 0.15) is 5.56 Å². The van der Waals surface area contributed by atoms with E-state index in [1.165, 1.54) is 7.11 Å². The third-order valence-corrected chi connectivity index (χ3v) is 3.84. The van der Waals surface area contributed by atoms with E-state index in [9.17, 15) is 4.79 Å². The zero-order chi connectivity index (χ0) is 16.9. The quantitative estimate of drug-likeness (QED) is 0.662. The van der Waals surface area contributed by atoms with Crippen LogP contribution in [0.4, 0.5) is 0 Å². The molecular formula is C18H15ClN2O3. The molecule has 0 aliphatic rings. The Hall–Kier alpha value is -2.50. The predicted molar refractivity (Wildman–Crippen MR) is 91.7 cm³/mol. The lowest BCUT2D eigenvalue weighted by atomic mass is 10.1. The molecule has 1 aromatic carbocycles. The van der Waals surface area contributed by atoms with Crippen molar-refractivity contribution >= 4 is 28.5 Å². The lowest BCUT2D eigenvalue weighted by Crippen LogP contribution is -2.09. The topological polar surface area (TPSA) is 61.3 Å². The highest BCUT2D eigenvalue weighted by Gasteiger charge is 2.07. The number of pyridine rings is 2. The highest BCUT2D eigenvalue weighted by molar-refractivity contribution is 6.35. The van der Waals surface area contributed by atoms with E-state index in [1.807, 2.05) is 36.4 Å². The molecule has 0 spiro atoms. The smallest absolute Gasteiger partial charge is 0.331 e. The van der Waals surface area contributed by atoms with E-state index >= 15 is 0 Å². The molecule has 0 bridgehead atoms. The van der Waals surface area contributed by atoms with Crippen LogP contribution in [0.3, 0.4) is 0 Å². The minimum absolute atomic E-state index is 0.0614. The van der Waals surface area contributed by atoms with Gasteiger partial charge in [-0.05, 0) is 17.7 Å². The van der Waals surface area contributed by atoms with Crippen LogP contribution in [0.25, 0.3) is 22.2 Å². The van der Waals surface area contributed by atoms with Crippen molar-refractivity contribution in [1.29, 1.82) is 0 Å². The number of benzene rings is 1. The Morgan fingerprint density at radius 2 is 2.00 bits per heavy atom. The first kappa shape index (κ1) is 16.4. The standard InChI is InChI=1S/C18H15ClN2O3/c1-23-18(22)11-24-10-12-2-4-13(5-3-12)17-8-15(19)14-9-20-7-6-16(14)21-17/h2-9H,10-11H2,1H3. The molecule has 0 amide bonds. The number of methoxy groups -OCH3 is 1. The van der Waals surface area contributed by atoms with Crippen LogP contribution in [0.15, 0.2) is 48.8 Å². The molecule has 0 fully saturated rings. The van der Waals surface area contributed by atoms with Crippen molar-refractivity contribution in [2.24, 2.45) is 0 Å². The Balaban J connectivity index is 1.77. The molecule has 0 aliphatic heterocycles. The van der Waals surface area contributed by atoms with E-state index in [1.54, 1.807) is 12.4 Å². The average molecular weight is 343 g/mol. The van der Waals surface area contributed by atoms with Crippen LogP contribution in [0.2, 0.25) is 5.02 Å². The lowest BCUT2D eigenvalue weighted by molar-refractivity contribution is -0.146. The zero-order valence-corrected chi connectivity index (χ0v) is 13.8. The second-order valence-corrected chi connectivity index (χ2v) is 5.56. The summed E-state index contributed by atoms with van der Waals surface area (Å²) in [6, 6.07) is 11.4. The number of rotatable bonds is 5. The van der Waals surface area contributed by atoms with E-state index < -0.39 is 5.97 Å². The summed E-state index contributed by atoms with van der Waals surface area (Å²) in [5.41, 5.74) is 3.50. The number of nitrogens with zero attached hydrogens (tertiary/aromatic N) is 2. The van der Waals surface area contributed by atoms with Gasteiger partial charge in [-0.1, -0.05) is 35.9 Å². The third-order valence-electron chi connectivity index (χ3n) is 3.53. The Morgan fingerprint density at radius 1 is 1.21 bits per heavy atom. The number of carbonyl (C=O) groups excluding carboxylic acids is 1. The Labute approximate surface area is 144 Å². The van der Waals surface area contributed by atoms with Crippen LogP contribution < -0.4 is 0 Å². The maximum Gasteiger partial charge on any atom is 0.331 e. The fourth-order valence-corrected chi connectivity index (χ4v) is 2.51. The Bertz CT molecular complexity index is 866. The van der Waals surface area contributed by atoms with E-state index in [-0.39, 0.29) is 6.61 Å². The van der Waals surface area contributed by atoms with E-state index in [4.69, 9.17) is 16.3 Å². The van der Waals surface area contributed by atoms with Gasteiger partial charge in [0.1, 0.15) is 6.61 Å². The molecule has 3 rings (SSSR count). The van der Waals surface area contributed by atoms with Gasteiger partial charge in [-0.3, -0.25) is 4.98 Å². The van der Waals surface area contributed by atoms with Gasteiger partial charge in [0.15, 0.2) is 0 Å². The number of hydrogen-bond donors (Lipinski definition) is 0. The van der Waals surface area contributed by atoms with Crippen LogP contribution in [0.5, 0.6) is 0 Å². The second kappa shape index (κ2) is 7.38. The molecule has 0 saturated carbocycles. The van der Waals surface area contributed by atoms with Crippen molar-refractivity contribution in [3.63, 3.8) is 0 Å². The molecule has 0 saturated heterocycles. The minimum atomic E-state index is -0.392. The van der Waals surface area contributed by atoms with Gasteiger partial charge < -0.3 is 9.47 Å². The lowest BCUT2D eigenvalue weighted by Gasteiger charge is -2.07. The fourth-order valence-electron chi connectivity index (χ4n) is 2.26. The second-order valence-electron chi connectivity index (χ2n) is 5.15. The van der Waals surface area contributed by atoms with Crippen molar-refractivity contribution < 1.29 is 14.3 Å². The Morgan fingerprint density at radius 3 is 2.75 bits per heavy atom. The number of fused-ring (bicyclic) bond motifs is 1. The predicted octanol–water partition coefficient (Wildman–Crippen LogP) is 3.64. The van der Waals surface area contributed by atoms with Gasteiger partial charge in [0.25, 0.3) is 0 Å². The van der Waals surface area contributed by atoms with Crippen molar-refractivity contribution in [2.45, 2.75) is 6.61 Å². The molecule has 2 aromatic heterocycles. The number of halogens is 1. The highest BCUT2D eigenvalue weighted by Crippen LogP contribution is 2.27. The fraction of sp³-hybridized carbons (Fsp3) is 0.167.